The smallest absolute Gasteiger partial charge is 0.250 e. The number of rotatable bonds is 4. The van der Waals surface area contributed by atoms with E-state index in [1.54, 1.807) is 0 Å². The molecule has 1 amide bonds. The Morgan fingerprint density at radius 3 is 3.05 bits per heavy atom. The monoisotopic (exact) mass is 280 g/mol. The van der Waals surface area contributed by atoms with Gasteiger partial charge in [0.05, 0.1) is 17.5 Å². The highest BCUT2D eigenvalue weighted by atomic mass is 19.1. The van der Waals surface area contributed by atoms with Gasteiger partial charge in [-0.15, -0.1) is 0 Å². The number of benzene rings is 1. The van der Waals surface area contributed by atoms with E-state index in [9.17, 15) is 9.18 Å². The largest absolute Gasteiger partial charge is 0.397 e. The summed E-state index contributed by atoms with van der Waals surface area (Å²) >= 11 is 0. The van der Waals surface area contributed by atoms with E-state index < -0.39 is 5.82 Å². The molecule has 110 valence electrons. The minimum Gasteiger partial charge on any atom is -0.397 e. The number of hydrogen-bond donors (Lipinski definition) is 2. The number of hydrogen-bond acceptors (Lipinski definition) is 3. The molecule has 1 aliphatic carbocycles. The van der Waals surface area contributed by atoms with Crippen molar-refractivity contribution >= 4 is 17.3 Å². The van der Waals surface area contributed by atoms with Gasteiger partial charge in [-0.2, -0.15) is 0 Å². The number of amides is 1. The van der Waals surface area contributed by atoms with Crippen molar-refractivity contribution in [3.8, 4) is 0 Å². The molecule has 0 aromatic heterocycles. The summed E-state index contributed by atoms with van der Waals surface area (Å²) in [7, 11) is 0. The van der Waals surface area contributed by atoms with Crippen LogP contribution in [0.1, 0.15) is 32.6 Å². The third kappa shape index (κ3) is 4.20. The van der Waals surface area contributed by atoms with Crippen molar-refractivity contribution in [2.24, 2.45) is 5.92 Å². The van der Waals surface area contributed by atoms with E-state index in [1.807, 2.05) is 0 Å². The van der Waals surface area contributed by atoms with Crippen molar-refractivity contribution in [2.45, 2.75) is 38.7 Å². The Kier molecular flexibility index (Phi) is 4.95. The molecule has 2 atom stereocenters. The molecule has 1 aromatic rings. The lowest BCUT2D eigenvalue weighted by Gasteiger charge is -2.26. The van der Waals surface area contributed by atoms with Gasteiger partial charge in [0.25, 0.3) is 0 Å². The van der Waals surface area contributed by atoms with Crippen LogP contribution >= 0.6 is 0 Å². The number of nitrogen functional groups attached to an aromatic ring is 1. The number of halogens is 1. The van der Waals surface area contributed by atoms with Crippen molar-refractivity contribution < 1.29 is 13.9 Å². The van der Waals surface area contributed by atoms with E-state index in [4.69, 9.17) is 10.5 Å². The summed E-state index contributed by atoms with van der Waals surface area (Å²) in [6, 6.07) is 3.88. The van der Waals surface area contributed by atoms with Gasteiger partial charge in [0, 0.05) is 0 Å². The number of ether oxygens (including phenoxy) is 1. The van der Waals surface area contributed by atoms with Crippen LogP contribution in [0.2, 0.25) is 0 Å². The lowest BCUT2D eigenvalue weighted by molar-refractivity contribution is -0.123. The molecular formula is C15H21FN2O2. The lowest BCUT2D eigenvalue weighted by Crippen LogP contribution is -2.27. The van der Waals surface area contributed by atoms with E-state index in [1.165, 1.54) is 24.6 Å². The average molecular weight is 280 g/mol. The summed E-state index contributed by atoms with van der Waals surface area (Å²) in [5.74, 6) is -0.0901. The van der Waals surface area contributed by atoms with Crippen LogP contribution in [0, 0.1) is 11.7 Å². The average Bonchev–Trinajstić information content (AvgIpc) is 2.41. The summed E-state index contributed by atoms with van der Waals surface area (Å²) in [5.41, 5.74) is 6.30. The first-order valence-electron chi connectivity index (χ1n) is 7.01. The molecule has 1 fully saturated rings. The summed E-state index contributed by atoms with van der Waals surface area (Å²) in [6.45, 7) is 2.18. The highest BCUT2D eigenvalue weighted by Gasteiger charge is 2.20. The Labute approximate surface area is 118 Å². The van der Waals surface area contributed by atoms with Crippen molar-refractivity contribution in [1.82, 2.24) is 0 Å². The van der Waals surface area contributed by atoms with E-state index in [0.29, 0.717) is 11.6 Å². The van der Waals surface area contributed by atoms with Gasteiger partial charge >= 0.3 is 0 Å². The molecule has 0 aliphatic heterocycles. The van der Waals surface area contributed by atoms with Crippen LogP contribution in [-0.2, 0) is 9.53 Å². The zero-order valence-corrected chi connectivity index (χ0v) is 11.7. The maximum Gasteiger partial charge on any atom is 0.250 e. The number of carbonyl (C=O) groups excluding carboxylic acids is 1. The van der Waals surface area contributed by atoms with Gasteiger partial charge in [0.2, 0.25) is 5.91 Å². The van der Waals surface area contributed by atoms with Crippen LogP contribution in [0.4, 0.5) is 15.8 Å². The van der Waals surface area contributed by atoms with Gasteiger partial charge in [0.1, 0.15) is 12.4 Å². The van der Waals surface area contributed by atoms with Crippen molar-refractivity contribution in [3.63, 3.8) is 0 Å². The van der Waals surface area contributed by atoms with Gasteiger partial charge in [-0.1, -0.05) is 19.8 Å². The number of nitrogens with one attached hydrogen (secondary N) is 1. The Morgan fingerprint density at radius 2 is 2.30 bits per heavy atom. The lowest BCUT2D eigenvalue weighted by atomic mass is 9.89. The second-order valence-electron chi connectivity index (χ2n) is 5.48. The summed E-state index contributed by atoms with van der Waals surface area (Å²) < 4.78 is 18.7. The molecule has 0 spiro atoms. The fraction of sp³-hybridized carbons (Fsp3) is 0.533. The molecule has 1 aliphatic rings. The maximum absolute atomic E-state index is 13.1. The van der Waals surface area contributed by atoms with Gasteiger partial charge in [-0.3, -0.25) is 4.79 Å². The number of carbonyl (C=O) groups is 1. The van der Waals surface area contributed by atoms with Crippen molar-refractivity contribution in [1.29, 1.82) is 0 Å². The molecule has 0 radical (unpaired) electrons. The Balaban J connectivity index is 1.82. The fourth-order valence-corrected chi connectivity index (χ4v) is 2.55. The van der Waals surface area contributed by atoms with Crippen LogP contribution in [0.25, 0.3) is 0 Å². The standard InChI is InChI=1S/C15H21FN2O2/c1-10-3-2-4-12(7-10)20-9-15(19)18-14-8-11(16)5-6-13(14)17/h5-6,8,10,12H,2-4,7,9,17H2,1H3,(H,18,19). The predicted octanol–water partition coefficient (Wildman–Crippen LogP) is 2.94. The normalized spacial score (nSPS) is 22.5. The third-order valence-corrected chi connectivity index (χ3v) is 3.63. The molecule has 1 saturated carbocycles. The van der Waals surface area contributed by atoms with E-state index in [0.717, 1.165) is 19.3 Å². The minimum absolute atomic E-state index is 0.0205. The SMILES string of the molecule is CC1CCCC(OCC(=O)Nc2cc(F)ccc2N)C1. The molecule has 4 nitrogen and oxygen atoms in total. The van der Waals surface area contributed by atoms with Gasteiger partial charge < -0.3 is 15.8 Å². The van der Waals surface area contributed by atoms with E-state index in [-0.39, 0.29) is 24.3 Å². The third-order valence-electron chi connectivity index (χ3n) is 3.63. The molecule has 2 unspecified atom stereocenters. The summed E-state index contributed by atoms with van der Waals surface area (Å²) in [5, 5.41) is 2.57. The topological polar surface area (TPSA) is 64.3 Å². The Bertz CT molecular complexity index is 479. The molecule has 0 heterocycles. The molecule has 0 bridgehead atoms. The molecular weight excluding hydrogens is 259 g/mol. The highest BCUT2D eigenvalue weighted by molar-refractivity contribution is 5.94. The van der Waals surface area contributed by atoms with Crippen LogP contribution in [0.5, 0.6) is 0 Å². The molecule has 1 aromatic carbocycles. The molecule has 3 N–H and O–H groups in total. The van der Waals surface area contributed by atoms with Crippen molar-refractivity contribution in [2.75, 3.05) is 17.7 Å². The maximum atomic E-state index is 13.1. The van der Waals surface area contributed by atoms with Crippen molar-refractivity contribution in [3.05, 3.63) is 24.0 Å². The Hall–Kier alpha value is -1.62. The number of anilines is 2. The second kappa shape index (κ2) is 6.70. The second-order valence-corrected chi connectivity index (χ2v) is 5.48. The molecule has 2 rings (SSSR count). The predicted molar refractivity (Wildman–Crippen MR) is 76.8 cm³/mol. The van der Waals surface area contributed by atoms with Crippen LogP contribution in [0.15, 0.2) is 18.2 Å². The van der Waals surface area contributed by atoms with Gasteiger partial charge in [-0.05, 0) is 37.0 Å². The Morgan fingerprint density at radius 1 is 1.50 bits per heavy atom. The van der Waals surface area contributed by atoms with Gasteiger partial charge in [-0.25, -0.2) is 4.39 Å². The minimum atomic E-state index is -0.434. The zero-order valence-electron chi connectivity index (χ0n) is 11.7. The first-order chi connectivity index (χ1) is 9.54. The van der Waals surface area contributed by atoms with Crippen LogP contribution in [0.3, 0.4) is 0 Å². The van der Waals surface area contributed by atoms with E-state index >= 15 is 0 Å². The van der Waals surface area contributed by atoms with Gasteiger partial charge in [0.15, 0.2) is 0 Å². The quantitative estimate of drug-likeness (QED) is 0.833. The molecule has 5 heteroatoms. The zero-order chi connectivity index (χ0) is 14.5. The first kappa shape index (κ1) is 14.8. The summed E-state index contributed by atoms with van der Waals surface area (Å²) in [6.07, 6.45) is 4.51. The molecule has 20 heavy (non-hydrogen) atoms. The first-order valence-corrected chi connectivity index (χ1v) is 7.01. The van der Waals surface area contributed by atoms with Crippen LogP contribution < -0.4 is 11.1 Å². The van der Waals surface area contributed by atoms with Crippen LogP contribution in [-0.4, -0.2) is 18.6 Å². The van der Waals surface area contributed by atoms with E-state index in [2.05, 4.69) is 12.2 Å². The number of nitrogens with two attached hydrogens (primary N) is 1. The molecule has 0 saturated heterocycles. The fourth-order valence-electron chi connectivity index (χ4n) is 2.55. The highest BCUT2D eigenvalue weighted by Crippen LogP contribution is 2.25. The summed E-state index contributed by atoms with van der Waals surface area (Å²) in [4.78, 5) is 11.8.